The molecule has 0 aromatic heterocycles. The van der Waals surface area contributed by atoms with Gasteiger partial charge >= 0.3 is 0 Å². The van der Waals surface area contributed by atoms with Crippen molar-refractivity contribution in [3.8, 4) is 5.75 Å². The van der Waals surface area contributed by atoms with Gasteiger partial charge in [-0.25, -0.2) is 0 Å². The number of Topliss-reactive ketones (excluding diaryl/α,β-unsaturated/α-hetero) is 1. The van der Waals surface area contributed by atoms with Gasteiger partial charge in [0, 0.05) is 11.6 Å². The molecule has 2 aliphatic rings. The van der Waals surface area contributed by atoms with Crippen LogP contribution in [-0.4, -0.2) is 33.8 Å². The van der Waals surface area contributed by atoms with Crippen LogP contribution in [0.3, 0.4) is 0 Å². The molecule has 1 atom stereocenters. The number of aliphatic hydroxyl groups excluding tert-OH is 1. The van der Waals surface area contributed by atoms with Gasteiger partial charge < -0.3 is 14.7 Å². The second-order valence-corrected chi connectivity index (χ2v) is 8.75. The quantitative estimate of drug-likeness (QED) is 0.414. The number of ether oxygens (including phenoxy) is 1. The third-order valence-electron chi connectivity index (χ3n) is 6.04. The van der Waals surface area contributed by atoms with Crippen LogP contribution >= 0.6 is 0 Å². The first-order chi connectivity index (χ1) is 14.9. The Bertz CT molecular complexity index is 1030. The van der Waals surface area contributed by atoms with Crippen molar-refractivity contribution in [3.63, 3.8) is 0 Å². The van der Waals surface area contributed by atoms with Crippen molar-refractivity contribution < 1.29 is 19.4 Å². The summed E-state index contributed by atoms with van der Waals surface area (Å²) in [5.41, 5.74) is 2.52. The minimum absolute atomic E-state index is 0.0161. The number of amides is 1. The van der Waals surface area contributed by atoms with Crippen molar-refractivity contribution in [1.29, 1.82) is 0 Å². The van der Waals surface area contributed by atoms with Gasteiger partial charge in [-0.15, -0.1) is 0 Å². The van der Waals surface area contributed by atoms with Crippen molar-refractivity contribution >= 4 is 17.4 Å². The van der Waals surface area contributed by atoms with Crippen molar-refractivity contribution in [2.75, 3.05) is 0 Å². The fourth-order valence-corrected chi connectivity index (χ4v) is 4.72. The first-order valence-corrected chi connectivity index (χ1v) is 11.0. The highest BCUT2D eigenvalue weighted by molar-refractivity contribution is 6.46. The molecule has 1 heterocycles. The molecule has 2 fully saturated rings. The molecule has 1 N–H and O–H groups in total. The standard InChI is InChI=1S/C26H29NO4/c1-16(2)31-21-13-7-10-19(15-21)24(28)22-23(18-9-6-8-17(3)14-18)27(26(30)25(22)29)20-11-4-5-12-20/h6-10,13-16,20,23,28H,4-5,11-12H2,1-3H3/b24-22-. The number of hydrogen-bond donors (Lipinski definition) is 1. The summed E-state index contributed by atoms with van der Waals surface area (Å²) >= 11 is 0. The minimum Gasteiger partial charge on any atom is -0.507 e. The van der Waals surface area contributed by atoms with Gasteiger partial charge in [0.2, 0.25) is 0 Å². The van der Waals surface area contributed by atoms with Crippen LogP contribution in [0.5, 0.6) is 5.75 Å². The molecule has 5 nitrogen and oxygen atoms in total. The fourth-order valence-electron chi connectivity index (χ4n) is 4.72. The average molecular weight is 420 g/mol. The Morgan fingerprint density at radius 3 is 2.45 bits per heavy atom. The predicted molar refractivity (Wildman–Crippen MR) is 120 cm³/mol. The van der Waals surface area contributed by atoms with Crippen LogP contribution in [-0.2, 0) is 9.59 Å². The number of carbonyl (C=O) groups is 2. The summed E-state index contributed by atoms with van der Waals surface area (Å²) in [5.74, 6) is -0.684. The smallest absolute Gasteiger partial charge is 0.295 e. The second-order valence-electron chi connectivity index (χ2n) is 8.75. The Morgan fingerprint density at radius 2 is 1.77 bits per heavy atom. The average Bonchev–Trinajstić information content (AvgIpc) is 3.34. The summed E-state index contributed by atoms with van der Waals surface area (Å²) in [6.07, 6.45) is 3.84. The maximum Gasteiger partial charge on any atom is 0.295 e. The molecule has 31 heavy (non-hydrogen) atoms. The Hall–Kier alpha value is -3.08. The second kappa shape index (κ2) is 8.58. The molecular weight excluding hydrogens is 390 g/mol. The third kappa shape index (κ3) is 4.09. The molecule has 2 aromatic rings. The highest BCUT2D eigenvalue weighted by Crippen LogP contribution is 2.43. The van der Waals surface area contributed by atoms with E-state index in [1.54, 1.807) is 23.1 Å². The Balaban J connectivity index is 1.85. The van der Waals surface area contributed by atoms with Gasteiger partial charge in [-0.2, -0.15) is 0 Å². The number of ketones is 1. The number of aliphatic hydroxyl groups is 1. The molecule has 0 radical (unpaired) electrons. The van der Waals surface area contributed by atoms with Crippen LogP contribution in [0.15, 0.2) is 54.1 Å². The Kier molecular flexibility index (Phi) is 5.86. The number of carbonyl (C=O) groups excluding carboxylic acids is 2. The van der Waals surface area contributed by atoms with Crippen LogP contribution < -0.4 is 4.74 Å². The molecular formula is C26H29NO4. The SMILES string of the molecule is Cc1cccc(C2/C(=C(/O)c3cccc(OC(C)C)c3)C(=O)C(=O)N2C2CCCC2)c1. The zero-order valence-electron chi connectivity index (χ0n) is 18.3. The maximum atomic E-state index is 13.2. The van der Waals surface area contributed by atoms with Crippen molar-refractivity contribution in [3.05, 3.63) is 70.8 Å². The summed E-state index contributed by atoms with van der Waals surface area (Å²) < 4.78 is 5.75. The largest absolute Gasteiger partial charge is 0.507 e. The van der Waals surface area contributed by atoms with Gasteiger partial charge in [0.15, 0.2) is 0 Å². The Morgan fingerprint density at radius 1 is 1.06 bits per heavy atom. The van der Waals surface area contributed by atoms with Gasteiger partial charge in [-0.05, 0) is 51.3 Å². The summed E-state index contributed by atoms with van der Waals surface area (Å²) in [6, 6.07) is 14.3. The lowest BCUT2D eigenvalue weighted by molar-refractivity contribution is -0.141. The van der Waals surface area contributed by atoms with E-state index in [9.17, 15) is 14.7 Å². The number of nitrogens with zero attached hydrogens (tertiary/aromatic N) is 1. The van der Waals surface area contributed by atoms with Crippen LogP contribution in [0, 0.1) is 6.92 Å². The summed E-state index contributed by atoms with van der Waals surface area (Å²) in [5, 5.41) is 11.3. The molecule has 4 rings (SSSR count). The summed E-state index contributed by atoms with van der Waals surface area (Å²) in [6.45, 7) is 5.84. The van der Waals surface area contributed by atoms with E-state index >= 15 is 0 Å². The van der Waals surface area contributed by atoms with Gasteiger partial charge in [0.05, 0.1) is 17.7 Å². The molecule has 5 heteroatoms. The third-order valence-corrected chi connectivity index (χ3v) is 6.04. The van der Waals surface area contributed by atoms with E-state index < -0.39 is 17.7 Å². The van der Waals surface area contributed by atoms with Crippen LogP contribution in [0.25, 0.3) is 5.76 Å². The highest BCUT2D eigenvalue weighted by atomic mass is 16.5. The number of hydrogen-bond acceptors (Lipinski definition) is 4. The molecule has 0 spiro atoms. The monoisotopic (exact) mass is 419 g/mol. The normalized spacial score (nSPS) is 21.3. The van der Waals surface area contributed by atoms with Crippen LogP contribution in [0.1, 0.15) is 62.3 Å². The van der Waals surface area contributed by atoms with E-state index in [2.05, 4.69) is 0 Å². The number of benzene rings is 2. The van der Waals surface area contributed by atoms with E-state index in [0.29, 0.717) is 11.3 Å². The van der Waals surface area contributed by atoms with Gasteiger partial charge in [0.25, 0.3) is 11.7 Å². The molecule has 1 saturated carbocycles. The van der Waals surface area contributed by atoms with E-state index in [0.717, 1.165) is 36.8 Å². The van der Waals surface area contributed by atoms with Crippen molar-refractivity contribution in [2.24, 2.45) is 0 Å². The lowest BCUT2D eigenvalue weighted by Crippen LogP contribution is -2.37. The topological polar surface area (TPSA) is 66.8 Å². The lowest BCUT2D eigenvalue weighted by Gasteiger charge is -2.31. The minimum atomic E-state index is -0.619. The van der Waals surface area contributed by atoms with Gasteiger partial charge in [0.1, 0.15) is 11.5 Å². The van der Waals surface area contributed by atoms with Crippen molar-refractivity contribution in [2.45, 2.75) is 64.6 Å². The van der Waals surface area contributed by atoms with Crippen LogP contribution in [0.4, 0.5) is 0 Å². The van der Waals surface area contributed by atoms with E-state index in [1.165, 1.54) is 0 Å². The van der Waals surface area contributed by atoms with Gasteiger partial charge in [-0.1, -0.05) is 54.8 Å². The number of aryl methyl sites for hydroxylation is 1. The zero-order valence-corrected chi connectivity index (χ0v) is 18.3. The lowest BCUT2D eigenvalue weighted by atomic mass is 9.93. The molecule has 2 aromatic carbocycles. The molecule has 1 saturated heterocycles. The predicted octanol–water partition coefficient (Wildman–Crippen LogP) is 5.15. The summed E-state index contributed by atoms with van der Waals surface area (Å²) in [7, 11) is 0. The van der Waals surface area contributed by atoms with E-state index in [1.807, 2.05) is 51.1 Å². The maximum absolute atomic E-state index is 13.2. The first-order valence-electron chi connectivity index (χ1n) is 11.0. The fraction of sp³-hybridized carbons (Fsp3) is 0.385. The zero-order chi connectivity index (χ0) is 22.1. The Labute approximate surface area is 183 Å². The molecule has 1 aliphatic carbocycles. The highest BCUT2D eigenvalue weighted by Gasteiger charge is 2.49. The molecule has 0 bridgehead atoms. The van der Waals surface area contributed by atoms with Crippen molar-refractivity contribution in [1.82, 2.24) is 4.90 Å². The molecule has 1 aliphatic heterocycles. The summed E-state index contributed by atoms with van der Waals surface area (Å²) in [4.78, 5) is 28.0. The molecule has 1 amide bonds. The van der Waals surface area contributed by atoms with E-state index in [-0.39, 0.29) is 23.5 Å². The molecule has 162 valence electrons. The number of likely N-dealkylation sites (tertiary alicyclic amines) is 1. The van der Waals surface area contributed by atoms with E-state index in [4.69, 9.17) is 4.74 Å². The van der Waals surface area contributed by atoms with Gasteiger partial charge in [-0.3, -0.25) is 9.59 Å². The number of rotatable bonds is 5. The van der Waals surface area contributed by atoms with Crippen LogP contribution in [0.2, 0.25) is 0 Å². The first kappa shape index (κ1) is 21.2. The molecule has 1 unspecified atom stereocenters.